The van der Waals surface area contributed by atoms with Crippen LogP contribution in [-0.4, -0.2) is 31.7 Å². The van der Waals surface area contributed by atoms with Crippen LogP contribution in [0.5, 0.6) is 0 Å². The summed E-state index contributed by atoms with van der Waals surface area (Å²) in [6, 6.07) is 5.93. The van der Waals surface area contributed by atoms with Crippen molar-refractivity contribution in [1.82, 2.24) is 9.78 Å². The van der Waals surface area contributed by atoms with Gasteiger partial charge in [-0.25, -0.2) is 0 Å². The van der Waals surface area contributed by atoms with Gasteiger partial charge in [0.2, 0.25) is 5.91 Å². The fourth-order valence-electron chi connectivity index (χ4n) is 2.04. The van der Waals surface area contributed by atoms with Gasteiger partial charge in [-0.05, 0) is 18.1 Å². The molecule has 2 rings (SSSR count). The van der Waals surface area contributed by atoms with Crippen molar-refractivity contribution in [1.29, 1.82) is 0 Å². The number of carboxylic acids is 1. The summed E-state index contributed by atoms with van der Waals surface area (Å²) in [6.45, 7) is 0.436. The van der Waals surface area contributed by atoms with E-state index in [1.807, 2.05) is 0 Å². The fourth-order valence-corrected chi connectivity index (χ4v) is 2.04. The van der Waals surface area contributed by atoms with E-state index in [2.05, 4.69) is 10.4 Å². The lowest BCUT2D eigenvalue weighted by atomic mass is 10.2. The van der Waals surface area contributed by atoms with Crippen LogP contribution in [0, 0.1) is 10.1 Å². The Morgan fingerprint density at radius 3 is 2.92 bits per heavy atom. The van der Waals surface area contributed by atoms with Gasteiger partial charge in [-0.1, -0.05) is 12.1 Å². The smallest absolute Gasteiger partial charge is 0.303 e. The zero-order chi connectivity index (χ0) is 18.2. The summed E-state index contributed by atoms with van der Waals surface area (Å²) in [5.74, 6) is -1.27. The first kappa shape index (κ1) is 17.9. The number of aromatic nitrogens is 2. The molecule has 0 saturated carbocycles. The van der Waals surface area contributed by atoms with Gasteiger partial charge >= 0.3 is 5.97 Å². The van der Waals surface area contributed by atoms with Crippen LogP contribution >= 0.6 is 0 Å². The molecule has 1 aromatic carbocycles. The average Bonchev–Trinajstić information content (AvgIpc) is 3.00. The van der Waals surface area contributed by atoms with Crippen molar-refractivity contribution in [3.05, 3.63) is 58.4 Å². The molecule has 0 bridgehead atoms. The van der Waals surface area contributed by atoms with Gasteiger partial charge in [0, 0.05) is 37.4 Å². The largest absolute Gasteiger partial charge is 0.481 e. The molecule has 0 aliphatic rings. The molecule has 2 N–H and O–H groups in total. The standard InChI is InChI=1S/C16H16N4O5/c21-15(7-6-12-3-1-4-14(9-12)20(24)25)18-13-10-17-19(11-13)8-2-5-16(22)23/h1,3-4,6-7,9-11H,2,5,8H2,(H,18,21)(H,22,23). The zero-order valence-electron chi connectivity index (χ0n) is 13.2. The molecular weight excluding hydrogens is 328 g/mol. The zero-order valence-corrected chi connectivity index (χ0v) is 13.2. The van der Waals surface area contributed by atoms with Gasteiger partial charge in [0.25, 0.3) is 5.69 Å². The number of non-ortho nitro benzene ring substituents is 1. The maximum atomic E-state index is 11.9. The first-order valence-corrected chi connectivity index (χ1v) is 7.42. The number of aliphatic carboxylic acids is 1. The van der Waals surface area contributed by atoms with Gasteiger partial charge in [0.15, 0.2) is 0 Å². The Morgan fingerprint density at radius 1 is 1.40 bits per heavy atom. The Hall–Kier alpha value is -3.49. The van der Waals surface area contributed by atoms with Gasteiger partial charge < -0.3 is 10.4 Å². The van der Waals surface area contributed by atoms with E-state index in [4.69, 9.17) is 5.11 Å². The third kappa shape index (κ3) is 5.90. The lowest BCUT2D eigenvalue weighted by molar-refractivity contribution is -0.384. The molecule has 25 heavy (non-hydrogen) atoms. The highest BCUT2D eigenvalue weighted by Crippen LogP contribution is 2.14. The summed E-state index contributed by atoms with van der Waals surface area (Å²) >= 11 is 0. The minimum atomic E-state index is -0.869. The summed E-state index contributed by atoms with van der Waals surface area (Å²) in [5.41, 5.74) is 0.961. The van der Waals surface area contributed by atoms with Crippen LogP contribution in [0.25, 0.3) is 6.08 Å². The van der Waals surface area contributed by atoms with Crippen molar-refractivity contribution in [2.75, 3.05) is 5.32 Å². The molecule has 0 fully saturated rings. The third-order valence-electron chi connectivity index (χ3n) is 3.19. The van der Waals surface area contributed by atoms with Crippen molar-refractivity contribution in [2.45, 2.75) is 19.4 Å². The molecule has 0 atom stereocenters. The van der Waals surface area contributed by atoms with Crippen LogP contribution in [0.15, 0.2) is 42.7 Å². The molecule has 130 valence electrons. The van der Waals surface area contributed by atoms with Crippen molar-refractivity contribution in [2.24, 2.45) is 0 Å². The van der Waals surface area contributed by atoms with Crippen LogP contribution in [0.4, 0.5) is 11.4 Å². The maximum Gasteiger partial charge on any atom is 0.303 e. The van der Waals surface area contributed by atoms with Crippen molar-refractivity contribution in [3.8, 4) is 0 Å². The highest BCUT2D eigenvalue weighted by Gasteiger charge is 2.05. The molecule has 1 heterocycles. The Kier molecular flexibility index (Phi) is 5.99. The first-order chi connectivity index (χ1) is 11.9. The van der Waals surface area contributed by atoms with E-state index >= 15 is 0 Å². The minimum Gasteiger partial charge on any atom is -0.481 e. The topological polar surface area (TPSA) is 127 Å². The molecule has 0 spiro atoms. The highest BCUT2D eigenvalue weighted by atomic mass is 16.6. The van der Waals surface area contributed by atoms with Crippen molar-refractivity contribution >= 4 is 29.3 Å². The minimum absolute atomic E-state index is 0.0491. The second-order valence-corrected chi connectivity index (χ2v) is 5.16. The molecular formula is C16H16N4O5. The molecule has 0 saturated heterocycles. The second kappa shape index (κ2) is 8.39. The Bertz CT molecular complexity index is 812. The Balaban J connectivity index is 1.89. The summed E-state index contributed by atoms with van der Waals surface area (Å²) in [7, 11) is 0. The van der Waals surface area contributed by atoms with E-state index in [1.54, 1.807) is 16.9 Å². The van der Waals surface area contributed by atoms with Gasteiger partial charge in [0.05, 0.1) is 16.8 Å². The number of hydrogen-bond donors (Lipinski definition) is 2. The number of aryl methyl sites for hydroxylation is 1. The predicted octanol–water partition coefficient (Wildman–Crippen LogP) is 2.31. The molecule has 9 heteroatoms. The van der Waals surface area contributed by atoms with E-state index in [1.165, 1.54) is 36.5 Å². The Labute approximate surface area is 142 Å². The molecule has 0 unspecified atom stereocenters. The number of carbonyl (C=O) groups excluding carboxylic acids is 1. The van der Waals surface area contributed by atoms with E-state index in [-0.39, 0.29) is 12.1 Å². The third-order valence-corrected chi connectivity index (χ3v) is 3.19. The number of nitro benzene ring substituents is 1. The molecule has 0 radical (unpaired) electrons. The summed E-state index contributed by atoms with van der Waals surface area (Å²) < 4.78 is 1.54. The van der Waals surface area contributed by atoms with E-state index < -0.39 is 16.8 Å². The number of nitro groups is 1. The van der Waals surface area contributed by atoms with Crippen molar-refractivity contribution in [3.63, 3.8) is 0 Å². The van der Waals surface area contributed by atoms with Gasteiger partial charge in [-0.2, -0.15) is 5.10 Å². The quantitative estimate of drug-likeness (QED) is 0.430. The number of carboxylic acid groups (broad SMARTS) is 1. The number of rotatable bonds is 8. The van der Waals surface area contributed by atoms with Gasteiger partial charge in [-0.15, -0.1) is 0 Å². The van der Waals surface area contributed by atoms with E-state index in [0.29, 0.717) is 24.2 Å². The highest BCUT2D eigenvalue weighted by molar-refractivity contribution is 6.01. The summed E-state index contributed by atoms with van der Waals surface area (Å²) in [6.07, 6.45) is 6.28. The van der Waals surface area contributed by atoms with Gasteiger partial charge in [0.1, 0.15) is 0 Å². The molecule has 0 aliphatic carbocycles. The van der Waals surface area contributed by atoms with Crippen LogP contribution in [0.1, 0.15) is 18.4 Å². The lowest BCUT2D eigenvalue weighted by Crippen LogP contribution is -2.07. The number of amides is 1. The van der Waals surface area contributed by atoms with Crippen LogP contribution in [-0.2, 0) is 16.1 Å². The van der Waals surface area contributed by atoms with Crippen LogP contribution in [0.2, 0.25) is 0 Å². The molecule has 2 aromatic rings. The molecule has 9 nitrogen and oxygen atoms in total. The van der Waals surface area contributed by atoms with Crippen LogP contribution < -0.4 is 5.32 Å². The number of benzene rings is 1. The first-order valence-electron chi connectivity index (χ1n) is 7.42. The SMILES string of the molecule is O=C(O)CCCn1cc(NC(=O)C=Cc2cccc([N+](=O)[O-])c2)cn1. The molecule has 1 amide bonds. The summed E-state index contributed by atoms with van der Waals surface area (Å²) in [4.78, 5) is 32.5. The average molecular weight is 344 g/mol. The van der Waals surface area contributed by atoms with Crippen molar-refractivity contribution < 1.29 is 19.6 Å². The van der Waals surface area contributed by atoms with E-state index in [9.17, 15) is 19.7 Å². The number of hydrogen-bond acceptors (Lipinski definition) is 5. The second-order valence-electron chi connectivity index (χ2n) is 5.16. The van der Waals surface area contributed by atoms with Crippen LogP contribution in [0.3, 0.4) is 0 Å². The molecule has 1 aromatic heterocycles. The number of nitrogens with zero attached hydrogens (tertiary/aromatic N) is 3. The number of anilines is 1. The lowest BCUT2D eigenvalue weighted by Gasteiger charge is -1.99. The van der Waals surface area contributed by atoms with E-state index in [0.717, 1.165) is 0 Å². The van der Waals surface area contributed by atoms with Gasteiger partial charge in [-0.3, -0.25) is 24.4 Å². The normalized spacial score (nSPS) is 10.7. The Morgan fingerprint density at radius 2 is 2.20 bits per heavy atom. The maximum absolute atomic E-state index is 11.9. The number of carbonyl (C=O) groups is 2. The number of nitrogens with one attached hydrogen (secondary N) is 1. The summed E-state index contributed by atoms with van der Waals surface area (Å²) in [5, 5.41) is 25.9. The molecule has 0 aliphatic heterocycles. The monoisotopic (exact) mass is 344 g/mol. The fraction of sp³-hybridized carbons (Fsp3) is 0.188. The predicted molar refractivity (Wildman–Crippen MR) is 89.9 cm³/mol.